The highest BCUT2D eigenvalue weighted by Crippen LogP contribution is 2.35. The van der Waals surface area contributed by atoms with Gasteiger partial charge in [0.25, 0.3) is 0 Å². The Kier molecular flexibility index (Phi) is 3.23. The van der Waals surface area contributed by atoms with Crippen LogP contribution in [0.5, 0.6) is 0 Å². The summed E-state index contributed by atoms with van der Waals surface area (Å²) in [6, 6.07) is 8.35. The smallest absolute Gasteiger partial charge is 0.234 e. The number of para-hydroxylation sites is 1. The van der Waals surface area contributed by atoms with Gasteiger partial charge in [-0.15, -0.1) is 0 Å². The summed E-state index contributed by atoms with van der Waals surface area (Å²) in [6.45, 7) is 5.22. The van der Waals surface area contributed by atoms with Gasteiger partial charge in [-0.05, 0) is 24.5 Å². The van der Waals surface area contributed by atoms with Crippen LogP contribution in [0.1, 0.15) is 55.8 Å². The van der Waals surface area contributed by atoms with Gasteiger partial charge in [-0.3, -0.25) is 0 Å². The van der Waals surface area contributed by atoms with E-state index in [9.17, 15) is 0 Å². The predicted molar refractivity (Wildman–Crippen MR) is 74.4 cm³/mol. The van der Waals surface area contributed by atoms with Crippen LogP contribution in [0.3, 0.4) is 0 Å². The number of nitrogens with zero attached hydrogens (tertiary/aromatic N) is 2. The summed E-state index contributed by atoms with van der Waals surface area (Å²) in [4.78, 5) is 4.60. The van der Waals surface area contributed by atoms with Crippen molar-refractivity contribution < 1.29 is 4.52 Å². The van der Waals surface area contributed by atoms with E-state index >= 15 is 0 Å². The van der Waals surface area contributed by atoms with Gasteiger partial charge in [-0.25, -0.2) is 0 Å². The number of anilines is 1. The zero-order valence-electron chi connectivity index (χ0n) is 11.4. The van der Waals surface area contributed by atoms with Crippen molar-refractivity contribution >= 4 is 5.69 Å². The summed E-state index contributed by atoms with van der Waals surface area (Å²) >= 11 is 0. The van der Waals surface area contributed by atoms with Gasteiger partial charge >= 0.3 is 0 Å². The molecule has 1 aromatic carbocycles. The molecule has 0 radical (unpaired) electrons. The normalized spacial score (nSPS) is 19.6. The van der Waals surface area contributed by atoms with Crippen LogP contribution in [0, 0.1) is 0 Å². The molecular formula is C15H19N3O. The lowest BCUT2D eigenvalue weighted by molar-refractivity contribution is 0.354. The van der Waals surface area contributed by atoms with E-state index < -0.39 is 0 Å². The Bertz CT molecular complexity index is 564. The summed E-state index contributed by atoms with van der Waals surface area (Å²) in [6.07, 6.45) is 2.03. The fourth-order valence-corrected chi connectivity index (χ4v) is 2.50. The second-order valence-electron chi connectivity index (χ2n) is 5.16. The third-order valence-electron chi connectivity index (χ3n) is 3.89. The van der Waals surface area contributed by atoms with E-state index in [2.05, 4.69) is 47.5 Å². The van der Waals surface area contributed by atoms with Crippen LogP contribution >= 0.6 is 0 Å². The molecule has 2 atom stereocenters. The van der Waals surface area contributed by atoms with Crippen molar-refractivity contribution in [1.29, 1.82) is 0 Å². The van der Waals surface area contributed by atoms with E-state index in [1.54, 1.807) is 0 Å². The number of fused-ring (bicyclic) bond motifs is 1. The lowest BCUT2D eigenvalue weighted by atomic mass is 9.91. The Morgan fingerprint density at radius 3 is 3.11 bits per heavy atom. The van der Waals surface area contributed by atoms with Crippen LogP contribution in [-0.4, -0.2) is 16.7 Å². The molecule has 0 fully saturated rings. The molecule has 1 N–H and O–H groups in total. The van der Waals surface area contributed by atoms with E-state index in [0.717, 1.165) is 31.1 Å². The molecule has 0 saturated heterocycles. The van der Waals surface area contributed by atoms with Crippen LogP contribution in [0.2, 0.25) is 0 Å². The van der Waals surface area contributed by atoms with Crippen LogP contribution in [0.25, 0.3) is 0 Å². The molecule has 2 aromatic rings. The highest BCUT2D eigenvalue weighted by molar-refractivity contribution is 5.56. The lowest BCUT2D eigenvalue weighted by Gasteiger charge is -2.23. The molecule has 4 heteroatoms. The molecule has 0 bridgehead atoms. The molecule has 1 aromatic heterocycles. The Hall–Kier alpha value is -1.84. The molecule has 4 nitrogen and oxygen atoms in total. The summed E-state index contributed by atoms with van der Waals surface area (Å²) < 4.78 is 5.50. The number of benzene rings is 1. The van der Waals surface area contributed by atoms with Gasteiger partial charge in [0.1, 0.15) is 0 Å². The molecule has 1 aliphatic heterocycles. The van der Waals surface area contributed by atoms with Crippen LogP contribution in [0.15, 0.2) is 28.8 Å². The zero-order valence-corrected chi connectivity index (χ0v) is 11.4. The van der Waals surface area contributed by atoms with Gasteiger partial charge < -0.3 is 9.84 Å². The lowest BCUT2D eigenvalue weighted by Crippen LogP contribution is -2.17. The molecule has 1 aliphatic rings. The van der Waals surface area contributed by atoms with Gasteiger partial charge in [0.05, 0.1) is 5.92 Å². The van der Waals surface area contributed by atoms with E-state index in [-0.39, 0.29) is 5.92 Å². The first-order valence-corrected chi connectivity index (χ1v) is 6.96. The van der Waals surface area contributed by atoms with E-state index in [1.165, 1.54) is 11.3 Å². The average molecular weight is 257 g/mol. The minimum Gasteiger partial charge on any atom is -0.385 e. The number of nitrogens with one attached hydrogen (secondary N) is 1. The largest absolute Gasteiger partial charge is 0.385 e. The van der Waals surface area contributed by atoms with E-state index in [0.29, 0.717) is 5.92 Å². The first kappa shape index (κ1) is 12.2. The first-order valence-electron chi connectivity index (χ1n) is 6.96. The zero-order chi connectivity index (χ0) is 13.2. The quantitative estimate of drug-likeness (QED) is 0.913. The minimum atomic E-state index is 0.225. The molecule has 2 unspecified atom stereocenters. The second kappa shape index (κ2) is 5.03. The van der Waals surface area contributed by atoms with Crippen molar-refractivity contribution in [2.24, 2.45) is 0 Å². The SMILES string of the molecule is CCC(C)c1noc(C2CCNc3ccccc32)n1. The Balaban J connectivity index is 1.93. The van der Waals surface area contributed by atoms with Gasteiger partial charge in [0.2, 0.25) is 5.89 Å². The first-order chi connectivity index (χ1) is 9.29. The molecule has 0 aliphatic carbocycles. The van der Waals surface area contributed by atoms with E-state index in [1.807, 2.05) is 6.07 Å². The van der Waals surface area contributed by atoms with Crippen LogP contribution in [0.4, 0.5) is 5.69 Å². The van der Waals surface area contributed by atoms with Crippen molar-refractivity contribution in [1.82, 2.24) is 10.1 Å². The average Bonchev–Trinajstić information content (AvgIpc) is 2.95. The summed E-state index contributed by atoms with van der Waals surface area (Å²) in [5, 5.41) is 7.54. The summed E-state index contributed by atoms with van der Waals surface area (Å²) in [7, 11) is 0. The highest BCUT2D eigenvalue weighted by Gasteiger charge is 2.26. The monoisotopic (exact) mass is 257 g/mol. The Morgan fingerprint density at radius 1 is 1.42 bits per heavy atom. The van der Waals surface area contributed by atoms with Gasteiger partial charge in [-0.1, -0.05) is 37.2 Å². The number of hydrogen-bond donors (Lipinski definition) is 1. The van der Waals surface area contributed by atoms with Crippen LogP contribution in [-0.2, 0) is 0 Å². The maximum Gasteiger partial charge on any atom is 0.234 e. The van der Waals surface area contributed by atoms with Crippen molar-refractivity contribution in [2.45, 2.75) is 38.5 Å². The highest BCUT2D eigenvalue weighted by atomic mass is 16.5. The fourth-order valence-electron chi connectivity index (χ4n) is 2.50. The maximum absolute atomic E-state index is 5.50. The van der Waals surface area contributed by atoms with Crippen molar-refractivity contribution in [2.75, 3.05) is 11.9 Å². The predicted octanol–water partition coefficient (Wildman–Crippen LogP) is 3.53. The molecular weight excluding hydrogens is 238 g/mol. The summed E-state index contributed by atoms with van der Waals surface area (Å²) in [5.41, 5.74) is 2.44. The third kappa shape index (κ3) is 2.23. The summed E-state index contributed by atoms with van der Waals surface area (Å²) in [5.74, 6) is 2.16. The minimum absolute atomic E-state index is 0.225. The van der Waals surface area contributed by atoms with Gasteiger partial charge in [0.15, 0.2) is 5.82 Å². The Labute approximate surface area is 113 Å². The Morgan fingerprint density at radius 2 is 2.26 bits per heavy atom. The number of hydrogen-bond acceptors (Lipinski definition) is 4. The fraction of sp³-hybridized carbons (Fsp3) is 0.467. The third-order valence-corrected chi connectivity index (χ3v) is 3.89. The van der Waals surface area contributed by atoms with Crippen molar-refractivity contribution in [3.05, 3.63) is 41.5 Å². The van der Waals surface area contributed by atoms with Crippen LogP contribution < -0.4 is 5.32 Å². The van der Waals surface area contributed by atoms with E-state index in [4.69, 9.17) is 4.52 Å². The number of rotatable bonds is 3. The molecule has 2 heterocycles. The van der Waals surface area contributed by atoms with Gasteiger partial charge in [-0.2, -0.15) is 4.98 Å². The molecule has 0 saturated carbocycles. The molecule has 3 rings (SSSR count). The molecule has 100 valence electrons. The molecule has 0 amide bonds. The maximum atomic E-state index is 5.50. The number of aromatic nitrogens is 2. The topological polar surface area (TPSA) is 51.0 Å². The molecule has 19 heavy (non-hydrogen) atoms. The van der Waals surface area contributed by atoms with Gasteiger partial charge in [0, 0.05) is 18.2 Å². The second-order valence-corrected chi connectivity index (χ2v) is 5.16. The standard InChI is InChI=1S/C15H19N3O/c1-3-10(2)14-17-15(19-18-14)12-8-9-16-13-7-5-4-6-11(12)13/h4-7,10,12,16H,3,8-9H2,1-2H3. The molecule has 0 spiro atoms. The van der Waals surface area contributed by atoms with Crippen molar-refractivity contribution in [3.8, 4) is 0 Å². The van der Waals surface area contributed by atoms with Crippen molar-refractivity contribution in [3.63, 3.8) is 0 Å².